The number of ether oxygens (including phenoxy) is 3. The number of aromatic hydroxyl groups is 3. The van der Waals surface area contributed by atoms with Crippen molar-refractivity contribution in [2.24, 2.45) is 0 Å². The summed E-state index contributed by atoms with van der Waals surface area (Å²) in [7, 11) is 1.41. The van der Waals surface area contributed by atoms with Crippen LogP contribution in [0.2, 0.25) is 0 Å². The van der Waals surface area contributed by atoms with Crippen LogP contribution < -0.4 is 4.74 Å². The summed E-state index contributed by atoms with van der Waals surface area (Å²) in [5, 5.41) is 41.1. The first-order chi connectivity index (χ1) is 14.4. The molecule has 1 aliphatic rings. The number of hydrogen-bond donors (Lipinski definition) is 4. The Morgan fingerprint density at radius 3 is 2.32 bits per heavy atom. The molecule has 4 N–H and O–H groups in total. The van der Waals surface area contributed by atoms with Gasteiger partial charge in [0.2, 0.25) is 0 Å². The molecule has 9 nitrogen and oxygen atoms in total. The number of cyclic esters (lactones) is 1. The predicted molar refractivity (Wildman–Crippen MR) is 108 cm³/mol. The molecule has 31 heavy (non-hydrogen) atoms. The Labute approximate surface area is 178 Å². The smallest absolute Gasteiger partial charge is 0.344 e. The minimum atomic E-state index is -2.22. The molecule has 0 amide bonds. The monoisotopic (exact) mass is 432 g/mol. The van der Waals surface area contributed by atoms with Crippen molar-refractivity contribution >= 4 is 11.9 Å². The SMILES string of the molecule is COc1cc(O)c2c(c1C)C(C)C(O)(COC(=O)c1c(O)cc(O)c(C)c1C)OC2=O. The van der Waals surface area contributed by atoms with Gasteiger partial charge in [-0.1, -0.05) is 6.92 Å². The van der Waals surface area contributed by atoms with Gasteiger partial charge in [-0.2, -0.15) is 0 Å². The third kappa shape index (κ3) is 3.50. The lowest BCUT2D eigenvalue weighted by atomic mass is 9.82. The summed E-state index contributed by atoms with van der Waals surface area (Å²) in [5.74, 6) is -5.75. The van der Waals surface area contributed by atoms with Crippen LogP contribution in [0.15, 0.2) is 12.1 Å². The van der Waals surface area contributed by atoms with Gasteiger partial charge in [0.05, 0.1) is 13.0 Å². The first-order valence-electron chi connectivity index (χ1n) is 9.48. The summed E-state index contributed by atoms with van der Waals surface area (Å²) in [6.07, 6.45) is 0. The van der Waals surface area contributed by atoms with Crippen LogP contribution in [0.5, 0.6) is 23.0 Å². The van der Waals surface area contributed by atoms with E-state index in [1.807, 2.05) is 0 Å². The average molecular weight is 432 g/mol. The number of benzene rings is 2. The fourth-order valence-corrected chi connectivity index (χ4v) is 3.79. The van der Waals surface area contributed by atoms with Gasteiger partial charge >= 0.3 is 11.9 Å². The number of carbonyl (C=O) groups excluding carboxylic acids is 2. The van der Waals surface area contributed by atoms with Crippen LogP contribution in [0.3, 0.4) is 0 Å². The van der Waals surface area contributed by atoms with Gasteiger partial charge in [0.15, 0.2) is 6.61 Å². The summed E-state index contributed by atoms with van der Waals surface area (Å²) >= 11 is 0. The molecule has 0 spiro atoms. The van der Waals surface area contributed by atoms with E-state index in [-0.39, 0.29) is 22.6 Å². The van der Waals surface area contributed by atoms with Crippen molar-refractivity contribution in [2.45, 2.75) is 39.4 Å². The molecule has 2 atom stereocenters. The summed E-state index contributed by atoms with van der Waals surface area (Å²) in [5.41, 5.74) is 1.25. The van der Waals surface area contributed by atoms with Crippen LogP contribution in [-0.4, -0.2) is 51.9 Å². The highest BCUT2D eigenvalue weighted by Gasteiger charge is 2.48. The normalized spacial score (nSPS) is 20.1. The van der Waals surface area contributed by atoms with E-state index in [0.717, 1.165) is 6.07 Å². The Morgan fingerprint density at radius 1 is 1.06 bits per heavy atom. The van der Waals surface area contributed by atoms with Crippen LogP contribution in [-0.2, 0) is 9.47 Å². The van der Waals surface area contributed by atoms with Crippen LogP contribution >= 0.6 is 0 Å². The number of methoxy groups -OCH3 is 1. The van der Waals surface area contributed by atoms with Gasteiger partial charge in [0.25, 0.3) is 5.79 Å². The number of aliphatic hydroxyl groups is 1. The van der Waals surface area contributed by atoms with Crippen LogP contribution in [0, 0.1) is 20.8 Å². The summed E-state index contributed by atoms with van der Waals surface area (Å²) in [4.78, 5) is 25.1. The predicted octanol–water partition coefficient (Wildman–Crippen LogP) is 2.56. The molecule has 2 aromatic carbocycles. The molecule has 3 rings (SSSR count). The lowest BCUT2D eigenvalue weighted by molar-refractivity contribution is -0.206. The van der Waals surface area contributed by atoms with Crippen molar-refractivity contribution in [3.8, 4) is 23.0 Å². The zero-order valence-electron chi connectivity index (χ0n) is 17.8. The maximum Gasteiger partial charge on any atom is 0.344 e. The third-order valence-electron chi connectivity index (χ3n) is 5.84. The van der Waals surface area contributed by atoms with E-state index in [1.54, 1.807) is 20.8 Å². The fourth-order valence-electron chi connectivity index (χ4n) is 3.79. The Bertz CT molecular complexity index is 1090. The Morgan fingerprint density at radius 2 is 1.71 bits per heavy atom. The molecule has 0 aliphatic carbocycles. The number of rotatable bonds is 4. The van der Waals surface area contributed by atoms with Crippen LogP contribution in [0.1, 0.15) is 55.8 Å². The highest BCUT2D eigenvalue weighted by Crippen LogP contribution is 2.45. The number of esters is 2. The van der Waals surface area contributed by atoms with Crippen molar-refractivity contribution in [1.82, 2.24) is 0 Å². The number of phenols is 3. The fraction of sp³-hybridized carbons (Fsp3) is 0.364. The number of phenolic OH excluding ortho intramolecular Hbond substituents is 3. The molecule has 0 fully saturated rings. The lowest BCUT2D eigenvalue weighted by Crippen LogP contribution is -2.48. The van der Waals surface area contributed by atoms with Gasteiger partial charge in [-0.05, 0) is 43.0 Å². The zero-order chi connectivity index (χ0) is 23.2. The molecule has 0 bridgehead atoms. The summed E-state index contributed by atoms with van der Waals surface area (Å²) in [6.45, 7) is 5.59. The molecule has 1 heterocycles. The molecule has 1 aliphatic heterocycles. The highest BCUT2D eigenvalue weighted by molar-refractivity contribution is 5.97. The Balaban J connectivity index is 1.94. The Hall–Kier alpha value is -3.46. The number of fused-ring (bicyclic) bond motifs is 1. The van der Waals surface area contributed by atoms with E-state index in [9.17, 15) is 30.0 Å². The number of hydrogen-bond acceptors (Lipinski definition) is 9. The van der Waals surface area contributed by atoms with Crippen molar-refractivity contribution in [1.29, 1.82) is 0 Å². The van der Waals surface area contributed by atoms with E-state index < -0.39 is 36.0 Å². The molecule has 2 unspecified atom stereocenters. The third-order valence-corrected chi connectivity index (χ3v) is 5.84. The van der Waals surface area contributed by atoms with E-state index in [4.69, 9.17) is 14.2 Å². The minimum Gasteiger partial charge on any atom is -0.508 e. The largest absolute Gasteiger partial charge is 0.508 e. The second-order valence-electron chi connectivity index (χ2n) is 7.58. The standard InChI is InChI=1S/C22H24O9/c1-9-10(2)18(14(24)6-13(9)23)20(26)30-8-22(28)12(4)17-11(3)16(29-5)7-15(25)19(17)21(27)31-22/h6-7,12,23-25,28H,8H2,1-5H3. The maximum atomic E-state index is 12.6. The van der Waals surface area contributed by atoms with Gasteiger partial charge in [0.1, 0.15) is 34.1 Å². The highest BCUT2D eigenvalue weighted by atomic mass is 16.7. The molecule has 0 saturated heterocycles. The topological polar surface area (TPSA) is 143 Å². The van der Waals surface area contributed by atoms with Crippen molar-refractivity contribution in [2.75, 3.05) is 13.7 Å². The second kappa shape index (κ2) is 7.66. The van der Waals surface area contributed by atoms with Gasteiger partial charge < -0.3 is 34.6 Å². The van der Waals surface area contributed by atoms with E-state index in [2.05, 4.69) is 0 Å². The van der Waals surface area contributed by atoms with E-state index >= 15 is 0 Å². The maximum absolute atomic E-state index is 12.6. The van der Waals surface area contributed by atoms with Crippen molar-refractivity contribution < 1.29 is 44.2 Å². The van der Waals surface area contributed by atoms with E-state index in [1.165, 1.54) is 20.1 Å². The van der Waals surface area contributed by atoms with E-state index in [0.29, 0.717) is 28.0 Å². The quantitative estimate of drug-likeness (QED) is 0.536. The zero-order valence-corrected chi connectivity index (χ0v) is 17.8. The van der Waals surface area contributed by atoms with Crippen molar-refractivity contribution in [3.63, 3.8) is 0 Å². The molecule has 0 aromatic heterocycles. The number of carbonyl (C=O) groups is 2. The average Bonchev–Trinajstić information content (AvgIpc) is 2.70. The van der Waals surface area contributed by atoms with Gasteiger partial charge in [-0.3, -0.25) is 0 Å². The summed E-state index contributed by atoms with van der Waals surface area (Å²) < 4.78 is 15.6. The lowest BCUT2D eigenvalue weighted by Gasteiger charge is -2.38. The Kier molecular flexibility index (Phi) is 5.49. The van der Waals surface area contributed by atoms with Crippen LogP contribution in [0.4, 0.5) is 0 Å². The first kappa shape index (κ1) is 22.2. The van der Waals surface area contributed by atoms with Crippen molar-refractivity contribution in [3.05, 3.63) is 45.5 Å². The van der Waals surface area contributed by atoms with Gasteiger partial charge in [-0.25, -0.2) is 9.59 Å². The minimum absolute atomic E-state index is 0.0931. The molecule has 166 valence electrons. The molecular formula is C22H24O9. The van der Waals surface area contributed by atoms with Crippen LogP contribution in [0.25, 0.3) is 0 Å². The molecule has 0 saturated carbocycles. The second-order valence-corrected chi connectivity index (χ2v) is 7.58. The first-order valence-corrected chi connectivity index (χ1v) is 9.48. The molecular weight excluding hydrogens is 408 g/mol. The molecule has 2 aromatic rings. The van der Waals surface area contributed by atoms with Gasteiger partial charge in [-0.15, -0.1) is 0 Å². The molecule has 9 heteroatoms. The van der Waals surface area contributed by atoms with Gasteiger partial charge in [0, 0.05) is 12.1 Å². The molecule has 0 radical (unpaired) electrons. The summed E-state index contributed by atoms with van der Waals surface area (Å²) in [6, 6.07) is 2.30.